The van der Waals surface area contributed by atoms with Crippen molar-refractivity contribution >= 4 is 33.6 Å². The maximum atomic E-state index is 12.0. The maximum absolute atomic E-state index is 12.0. The molecule has 6 heteroatoms. The van der Waals surface area contributed by atoms with Gasteiger partial charge in [-0.3, -0.25) is 0 Å². The van der Waals surface area contributed by atoms with Crippen LogP contribution >= 0.6 is 15.9 Å². The number of anilines is 1. The van der Waals surface area contributed by atoms with Gasteiger partial charge in [-0.25, -0.2) is 9.59 Å². The van der Waals surface area contributed by atoms with E-state index in [0.29, 0.717) is 10.4 Å². The molecule has 0 aliphatic rings. The lowest BCUT2D eigenvalue weighted by molar-refractivity contribution is 0.0698. The molecule has 1 atom stereocenters. The first-order valence-corrected chi connectivity index (χ1v) is 7.78. The van der Waals surface area contributed by atoms with Crippen LogP contribution in [0.15, 0.2) is 22.7 Å². The third kappa shape index (κ3) is 5.04. The van der Waals surface area contributed by atoms with Gasteiger partial charge in [-0.05, 0) is 31.0 Å². The summed E-state index contributed by atoms with van der Waals surface area (Å²) in [5, 5.41) is 14.6. The normalized spacial score (nSPS) is 12.0. The van der Waals surface area contributed by atoms with Gasteiger partial charge in [0.05, 0.1) is 11.3 Å². The first-order chi connectivity index (χ1) is 9.88. The average Bonchev–Trinajstić information content (AvgIpc) is 2.39. The molecule has 0 fully saturated rings. The molecule has 2 amide bonds. The van der Waals surface area contributed by atoms with Crippen molar-refractivity contribution in [3.05, 3.63) is 28.2 Å². The number of amides is 2. The molecule has 5 nitrogen and oxygen atoms in total. The quantitative estimate of drug-likeness (QED) is 0.717. The van der Waals surface area contributed by atoms with E-state index in [0.717, 1.165) is 12.8 Å². The van der Waals surface area contributed by atoms with E-state index in [1.807, 2.05) is 6.92 Å². The molecule has 1 rings (SSSR count). The van der Waals surface area contributed by atoms with Crippen LogP contribution in [0.1, 0.15) is 44.0 Å². The summed E-state index contributed by atoms with van der Waals surface area (Å²) in [6.07, 6.45) is 1.96. The smallest absolute Gasteiger partial charge is 0.337 e. The van der Waals surface area contributed by atoms with Crippen molar-refractivity contribution in [1.82, 2.24) is 5.32 Å². The summed E-state index contributed by atoms with van der Waals surface area (Å²) in [5.41, 5.74) is 0.328. The third-order valence-electron chi connectivity index (χ3n) is 3.57. The molecule has 0 aliphatic carbocycles. The lowest BCUT2D eigenvalue weighted by Gasteiger charge is -2.22. The number of benzene rings is 1. The zero-order chi connectivity index (χ0) is 16.0. The molecule has 0 spiro atoms. The zero-order valence-electron chi connectivity index (χ0n) is 12.4. The molecule has 21 heavy (non-hydrogen) atoms. The Bertz CT molecular complexity index is 516. The van der Waals surface area contributed by atoms with Crippen molar-refractivity contribution in [1.29, 1.82) is 0 Å². The highest BCUT2D eigenvalue weighted by molar-refractivity contribution is 9.10. The van der Waals surface area contributed by atoms with Gasteiger partial charge in [-0.15, -0.1) is 0 Å². The van der Waals surface area contributed by atoms with Crippen LogP contribution in [0.2, 0.25) is 0 Å². The molecule has 0 saturated carbocycles. The molecule has 1 aromatic carbocycles. The standard InChI is InChI=1S/C15H21BrN2O3/c1-4-10(5-2)9(3)17-15(21)18-13-8-11(16)6-7-12(13)14(19)20/h6-10H,4-5H2,1-3H3,(H,19,20)(H2,17,18,21). The van der Waals surface area contributed by atoms with E-state index >= 15 is 0 Å². The van der Waals surface area contributed by atoms with Crippen LogP contribution in [0.4, 0.5) is 10.5 Å². The van der Waals surface area contributed by atoms with Crippen molar-refractivity contribution in [2.45, 2.75) is 39.7 Å². The molecule has 0 saturated heterocycles. The second kappa shape index (κ2) is 8.02. The van der Waals surface area contributed by atoms with Crippen LogP contribution in [-0.2, 0) is 0 Å². The second-order valence-corrected chi connectivity index (χ2v) is 5.87. The summed E-state index contributed by atoms with van der Waals surface area (Å²) in [6.45, 7) is 6.12. The van der Waals surface area contributed by atoms with E-state index in [9.17, 15) is 9.59 Å². The summed E-state index contributed by atoms with van der Waals surface area (Å²) in [7, 11) is 0. The van der Waals surface area contributed by atoms with Gasteiger partial charge in [0.1, 0.15) is 0 Å². The van der Waals surface area contributed by atoms with Crippen molar-refractivity contribution in [2.75, 3.05) is 5.32 Å². The number of carboxylic acids is 1. The number of carbonyl (C=O) groups is 2. The molecule has 0 bridgehead atoms. The molecular formula is C15H21BrN2O3. The average molecular weight is 357 g/mol. The highest BCUT2D eigenvalue weighted by Gasteiger charge is 2.17. The van der Waals surface area contributed by atoms with Crippen molar-refractivity contribution in [3.63, 3.8) is 0 Å². The molecule has 0 radical (unpaired) electrons. The van der Waals surface area contributed by atoms with Crippen molar-refractivity contribution < 1.29 is 14.7 Å². The molecule has 1 aromatic rings. The Morgan fingerprint density at radius 1 is 1.29 bits per heavy atom. The fourth-order valence-corrected chi connectivity index (χ4v) is 2.65. The zero-order valence-corrected chi connectivity index (χ0v) is 14.0. The van der Waals surface area contributed by atoms with Crippen LogP contribution in [0.25, 0.3) is 0 Å². The molecule has 1 unspecified atom stereocenters. The van der Waals surface area contributed by atoms with Gasteiger partial charge in [0.2, 0.25) is 0 Å². The Morgan fingerprint density at radius 3 is 2.43 bits per heavy atom. The summed E-state index contributed by atoms with van der Waals surface area (Å²) in [6, 6.07) is 4.28. The highest BCUT2D eigenvalue weighted by atomic mass is 79.9. The Labute approximate surface area is 133 Å². The van der Waals surface area contributed by atoms with Gasteiger partial charge in [0.15, 0.2) is 0 Å². The third-order valence-corrected chi connectivity index (χ3v) is 4.07. The van der Waals surface area contributed by atoms with Gasteiger partial charge in [0.25, 0.3) is 0 Å². The molecule has 0 heterocycles. The monoisotopic (exact) mass is 356 g/mol. The van der Waals surface area contributed by atoms with E-state index in [4.69, 9.17) is 5.11 Å². The number of aromatic carboxylic acids is 1. The Balaban J connectivity index is 2.79. The van der Waals surface area contributed by atoms with Crippen LogP contribution < -0.4 is 10.6 Å². The van der Waals surface area contributed by atoms with Crippen LogP contribution in [0, 0.1) is 5.92 Å². The van der Waals surface area contributed by atoms with E-state index < -0.39 is 12.0 Å². The Hall–Kier alpha value is -1.56. The van der Waals surface area contributed by atoms with E-state index in [1.165, 1.54) is 6.07 Å². The fourth-order valence-electron chi connectivity index (χ4n) is 2.29. The SMILES string of the molecule is CCC(CC)C(C)NC(=O)Nc1cc(Br)ccc1C(=O)O. The molecular weight excluding hydrogens is 336 g/mol. The van der Waals surface area contributed by atoms with Crippen molar-refractivity contribution in [3.8, 4) is 0 Å². The summed E-state index contributed by atoms with van der Waals surface area (Å²) in [4.78, 5) is 23.2. The van der Waals surface area contributed by atoms with Gasteiger partial charge >= 0.3 is 12.0 Å². The highest BCUT2D eigenvalue weighted by Crippen LogP contribution is 2.21. The summed E-state index contributed by atoms with van der Waals surface area (Å²) in [5.74, 6) is -0.678. The number of hydrogen-bond donors (Lipinski definition) is 3. The predicted molar refractivity (Wildman–Crippen MR) is 86.8 cm³/mol. The van der Waals surface area contributed by atoms with Gasteiger partial charge < -0.3 is 15.7 Å². The number of carboxylic acid groups (broad SMARTS) is 1. The van der Waals surface area contributed by atoms with Crippen molar-refractivity contribution in [2.24, 2.45) is 5.92 Å². The van der Waals surface area contributed by atoms with Crippen LogP contribution in [0.3, 0.4) is 0 Å². The minimum absolute atomic E-state index is 0.0282. The maximum Gasteiger partial charge on any atom is 0.337 e. The molecule has 3 N–H and O–H groups in total. The Morgan fingerprint density at radius 2 is 1.90 bits per heavy atom. The largest absolute Gasteiger partial charge is 0.478 e. The minimum Gasteiger partial charge on any atom is -0.478 e. The van der Waals surface area contributed by atoms with Gasteiger partial charge in [-0.1, -0.05) is 42.6 Å². The summed E-state index contributed by atoms with van der Waals surface area (Å²) >= 11 is 3.27. The fraction of sp³-hybridized carbons (Fsp3) is 0.467. The first kappa shape index (κ1) is 17.5. The van der Waals surface area contributed by atoms with E-state index in [2.05, 4.69) is 40.4 Å². The minimum atomic E-state index is -1.08. The Kier molecular flexibility index (Phi) is 6.68. The molecule has 0 aromatic heterocycles. The number of rotatable bonds is 6. The van der Waals surface area contributed by atoms with Gasteiger partial charge in [-0.2, -0.15) is 0 Å². The number of nitrogens with one attached hydrogen (secondary N) is 2. The van der Waals surface area contributed by atoms with Crippen LogP contribution in [-0.4, -0.2) is 23.1 Å². The number of halogens is 1. The molecule has 0 aliphatic heterocycles. The van der Waals surface area contributed by atoms with E-state index in [-0.39, 0.29) is 17.3 Å². The predicted octanol–water partition coefficient (Wildman–Crippen LogP) is 4.09. The first-order valence-electron chi connectivity index (χ1n) is 6.99. The number of carbonyl (C=O) groups excluding carboxylic acids is 1. The lowest BCUT2D eigenvalue weighted by atomic mass is 9.96. The number of hydrogen-bond acceptors (Lipinski definition) is 2. The topological polar surface area (TPSA) is 78.4 Å². The second-order valence-electron chi connectivity index (χ2n) is 4.96. The van der Waals surface area contributed by atoms with E-state index in [1.54, 1.807) is 12.1 Å². The van der Waals surface area contributed by atoms with Gasteiger partial charge in [0, 0.05) is 10.5 Å². The lowest BCUT2D eigenvalue weighted by Crippen LogP contribution is -2.40. The number of urea groups is 1. The molecule has 116 valence electrons. The summed E-state index contributed by atoms with van der Waals surface area (Å²) < 4.78 is 0.704. The van der Waals surface area contributed by atoms with Crippen LogP contribution in [0.5, 0.6) is 0 Å².